The topological polar surface area (TPSA) is 38.0 Å². The van der Waals surface area contributed by atoms with Gasteiger partial charge < -0.3 is 5.32 Å². The first-order chi connectivity index (χ1) is 8.24. The lowest BCUT2D eigenvalue weighted by Crippen LogP contribution is -2.36. The first kappa shape index (κ1) is 15.3. The average molecular weight is 262 g/mol. The third kappa shape index (κ3) is 4.42. The van der Waals surface area contributed by atoms with Gasteiger partial charge >= 0.3 is 0 Å². The highest BCUT2D eigenvalue weighted by Gasteiger charge is 2.35. The van der Waals surface area contributed by atoms with Gasteiger partial charge in [0.1, 0.15) is 6.17 Å². The van der Waals surface area contributed by atoms with Gasteiger partial charge in [-0.25, -0.2) is 4.39 Å². The predicted octanol–water partition coefficient (Wildman–Crippen LogP) is 3.13. The van der Waals surface area contributed by atoms with Crippen molar-refractivity contribution in [3.05, 3.63) is 0 Å². The smallest absolute Gasteiger partial charge is 0.103 e. The molecule has 17 heavy (non-hydrogen) atoms. The Morgan fingerprint density at radius 2 is 2.12 bits per heavy atom. The lowest BCUT2D eigenvalue weighted by Gasteiger charge is -2.36. The summed E-state index contributed by atoms with van der Waals surface area (Å²) in [5.74, 6) is 0.663. The zero-order chi connectivity index (χ0) is 12.7. The summed E-state index contributed by atoms with van der Waals surface area (Å²) in [7, 11) is 1.96. The second-order valence-electron chi connectivity index (χ2n) is 5.10. The van der Waals surface area contributed by atoms with Crippen molar-refractivity contribution >= 4 is 11.9 Å². The first-order valence-corrected chi connectivity index (χ1v) is 7.83. The number of hydrogen-bond acceptors (Lipinski definition) is 3. The quantitative estimate of drug-likeness (QED) is 0.692. The number of alkyl halides is 1. The van der Waals surface area contributed by atoms with Crippen LogP contribution in [-0.4, -0.2) is 25.0 Å². The van der Waals surface area contributed by atoms with E-state index in [0.29, 0.717) is 11.2 Å². The van der Waals surface area contributed by atoms with Crippen LogP contribution in [0.15, 0.2) is 0 Å². The second-order valence-corrected chi connectivity index (χ2v) is 5.98. The second kappa shape index (κ2) is 8.33. The van der Waals surface area contributed by atoms with E-state index in [4.69, 9.17) is 5.14 Å². The van der Waals surface area contributed by atoms with E-state index in [0.717, 1.165) is 38.6 Å². The lowest BCUT2D eigenvalue weighted by atomic mass is 9.75. The van der Waals surface area contributed by atoms with Crippen molar-refractivity contribution in [2.45, 2.75) is 56.9 Å². The van der Waals surface area contributed by atoms with Crippen LogP contribution in [0.2, 0.25) is 0 Å². The highest BCUT2D eigenvalue weighted by Crippen LogP contribution is 2.39. The van der Waals surface area contributed by atoms with Gasteiger partial charge in [0.15, 0.2) is 0 Å². The van der Waals surface area contributed by atoms with Crippen LogP contribution in [0.4, 0.5) is 4.39 Å². The summed E-state index contributed by atoms with van der Waals surface area (Å²) in [4.78, 5) is 0. The Labute approximate surface area is 109 Å². The Bertz CT molecular complexity index is 200. The molecule has 1 saturated carbocycles. The molecule has 2 nitrogen and oxygen atoms in total. The van der Waals surface area contributed by atoms with Gasteiger partial charge in [-0.15, -0.1) is 0 Å². The van der Waals surface area contributed by atoms with Crippen LogP contribution >= 0.6 is 11.9 Å². The molecule has 4 unspecified atom stereocenters. The maximum absolute atomic E-state index is 14.1. The van der Waals surface area contributed by atoms with Crippen molar-refractivity contribution in [3.63, 3.8) is 0 Å². The zero-order valence-corrected chi connectivity index (χ0v) is 11.9. The van der Waals surface area contributed by atoms with E-state index >= 15 is 0 Å². The van der Waals surface area contributed by atoms with Gasteiger partial charge in [0.25, 0.3) is 0 Å². The molecule has 0 aromatic rings. The normalized spacial score (nSPS) is 28.9. The van der Waals surface area contributed by atoms with E-state index in [2.05, 4.69) is 12.2 Å². The standard InChI is InChI=1S/C13H27FN2S/c1-3-13(17-15)11(8-9-16-2)10-6-4-5-7-12(10)14/h10-13,16H,3-9,15H2,1-2H3. The monoisotopic (exact) mass is 262 g/mol. The van der Waals surface area contributed by atoms with Gasteiger partial charge in [-0.05, 0) is 51.1 Å². The van der Waals surface area contributed by atoms with Crippen LogP contribution in [-0.2, 0) is 0 Å². The molecule has 0 aromatic heterocycles. The molecule has 3 N–H and O–H groups in total. The van der Waals surface area contributed by atoms with E-state index in [-0.39, 0.29) is 5.92 Å². The number of rotatable bonds is 7. The molecule has 0 amide bonds. The van der Waals surface area contributed by atoms with Gasteiger partial charge in [-0.3, -0.25) is 5.14 Å². The minimum absolute atomic E-state index is 0.234. The molecule has 1 rings (SSSR count). The maximum atomic E-state index is 14.1. The van der Waals surface area contributed by atoms with E-state index in [1.54, 1.807) is 0 Å². The van der Waals surface area contributed by atoms with Crippen molar-refractivity contribution in [2.24, 2.45) is 17.0 Å². The van der Waals surface area contributed by atoms with Crippen LogP contribution in [0.5, 0.6) is 0 Å². The van der Waals surface area contributed by atoms with Crippen molar-refractivity contribution in [2.75, 3.05) is 13.6 Å². The van der Waals surface area contributed by atoms with Crippen molar-refractivity contribution < 1.29 is 4.39 Å². The van der Waals surface area contributed by atoms with Gasteiger partial charge in [0.2, 0.25) is 0 Å². The lowest BCUT2D eigenvalue weighted by molar-refractivity contribution is 0.106. The van der Waals surface area contributed by atoms with Crippen LogP contribution in [0.25, 0.3) is 0 Å². The van der Waals surface area contributed by atoms with Gasteiger partial charge in [-0.2, -0.15) is 0 Å². The molecule has 0 spiro atoms. The van der Waals surface area contributed by atoms with Crippen molar-refractivity contribution in [3.8, 4) is 0 Å². The molecule has 0 saturated heterocycles. The van der Waals surface area contributed by atoms with E-state index in [9.17, 15) is 4.39 Å². The molecule has 1 aliphatic rings. The Kier molecular flexibility index (Phi) is 7.47. The van der Waals surface area contributed by atoms with Crippen molar-refractivity contribution in [1.82, 2.24) is 5.32 Å². The minimum atomic E-state index is -0.605. The molecule has 0 aromatic carbocycles. The number of hydrogen-bond donors (Lipinski definition) is 2. The summed E-state index contributed by atoms with van der Waals surface area (Å²) in [6, 6.07) is 0. The molecular weight excluding hydrogens is 235 g/mol. The third-order valence-corrected chi connectivity index (χ3v) is 5.10. The van der Waals surface area contributed by atoms with Crippen LogP contribution in [0, 0.1) is 11.8 Å². The fourth-order valence-corrected chi connectivity index (χ4v) is 3.82. The number of halogens is 1. The van der Waals surface area contributed by atoms with Gasteiger partial charge in [0, 0.05) is 5.25 Å². The molecule has 0 aliphatic heterocycles. The zero-order valence-electron chi connectivity index (χ0n) is 11.1. The molecule has 0 heterocycles. The highest BCUT2D eigenvalue weighted by atomic mass is 32.2. The van der Waals surface area contributed by atoms with Gasteiger partial charge in [-0.1, -0.05) is 31.7 Å². The minimum Gasteiger partial charge on any atom is -0.320 e. The molecule has 102 valence electrons. The largest absolute Gasteiger partial charge is 0.320 e. The van der Waals surface area contributed by atoms with Crippen LogP contribution < -0.4 is 10.5 Å². The summed E-state index contributed by atoms with van der Waals surface area (Å²) in [6.07, 6.45) is 5.53. The predicted molar refractivity (Wildman–Crippen MR) is 74.7 cm³/mol. The molecular formula is C13H27FN2S. The fourth-order valence-electron chi connectivity index (χ4n) is 3.08. The van der Waals surface area contributed by atoms with Crippen LogP contribution in [0.3, 0.4) is 0 Å². The summed E-state index contributed by atoms with van der Waals surface area (Å²) >= 11 is 1.43. The summed E-state index contributed by atoms with van der Waals surface area (Å²) < 4.78 is 14.1. The SMILES string of the molecule is CCC(SN)C(CCNC)C1CCCCC1F. The Hall–Kier alpha value is 0.200. The summed E-state index contributed by atoms with van der Waals surface area (Å²) in [5, 5.41) is 9.37. The molecule has 1 aliphatic carbocycles. The fraction of sp³-hybridized carbons (Fsp3) is 1.00. The van der Waals surface area contributed by atoms with E-state index < -0.39 is 6.17 Å². The highest BCUT2D eigenvalue weighted by molar-refractivity contribution is 7.97. The first-order valence-electron chi connectivity index (χ1n) is 6.88. The Morgan fingerprint density at radius 1 is 1.41 bits per heavy atom. The summed E-state index contributed by atoms with van der Waals surface area (Å²) in [5.41, 5.74) is 0. The molecule has 0 bridgehead atoms. The molecule has 0 radical (unpaired) electrons. The van der Waals surface area contributed by atoms with Crippen LogP contribution in [0.1, 0.15) is 45.4 Å². The van der Waals surface area contributed by atoms with E-state index in [1.165, 1.54) is 18.4 Å². The molecule has 4 atom stereocenters. The summed E-state index contributed by atoms with van der Waals surface area (Å²) in [6.45, 7) is 3.12. The average Bonchev–Trinajstić information content (AvgIpc) is 2.36. The maximum Gasteiger partial charge on any atom is 0.103 e. The third-order valence-electron chi connectivity index (χ3n) is 4.06. The Balaban J connectivity index is 2.65. The van der Waals surface area contributed by atoms with E-state index in [1.807, 2.05) is 7.05 Å². The van der Waals surface area contributed by atoms with Crippen molar-refractivity contribution in [1.29, 1.82) is 0 Å². The van der Waals surface area contributed by atoms with Gasteiger partial charge in [0.05, 0.1) is 0 Å². The number of nitrogens with two attached hydrogens (primary N) is 1. The molecule has 1 fully saturated rings. The molecule has 4 heteroatoms. The number of nitrogens with one attached hydrogen (secondary N) is 1. The Morgan fingerprint density at radius 3 is 2.65 bits per heavy atom.